The van der Waals surface area contributed by atoms with E-state index >= 15 is 0 Å². The minimum atomic E-state index is -0.302. The molecule has 1 heterocycles. The number of amides is 1. The maximum Gasteiger partial charge on any atom is 0.272 e. The van der Waals surface area contributed by atoms with Crippen molar-refractivity contribution in [2.24, 2.45) is 15.6 Å². The highest BCUT2D eigenvalue weighted by molar-refractivity contribution is 5.97. The van der Waals surface area contributed by atoms with E-state index in [1.165, 1.54) is 11.1 Å². The second-order valence-corrected chi connectivity index (χ2v) is 6.21. The minimum Gasteiger partial charge on any atom is -0.394 e. The summed E-state index contributed by atoms with van der Waals surface area (Å²) in [5.74, 6) is -0.263. The number of carbonyl (C=O) groups is 1. The molecule has 0 aromatic rings. The topological polar surface area (TPSA) is 74.0 Å². The molecule has 0 saturated heterocycles. The molecular weight excluding hydrogens is 242 g/mol. The summed E-state index contributed by atoms with van der Waals surface area (Å²) in [6, 6.07) is -0.302. The summed E-state index contributed by atoms with van der Waals surface area (Å²) in [4.78, 5) is 12.2. The fourth-order valence-electron chi connectivity index (χ4n) is 2.30. The van der Waals surface area contributed by atoms with Crippen LogP contribution in [0.3, 0.4) is 0 Å². The first-order valence-corrected chi connectivity index (χ1v) is 6.44. The molecule has 0 unspecified atom stereocenters. The largest absolute Gasteiger partial charge is 0.394 e. The van der Waals surface area contributed by atoms with Gasteiger partial charge in [0, 0.05) is 12.0 Å². The lowest BCUT2D eigenvalue weighted by Gasteiger charge is -2.29. The van der Waals surface area contributed by atoms with Crippen molar-refractivity contribution < 1.29 is 9.90 Å². The van der Waals surface area contributed by atoms with E-state index in [4.69, 9.17) is 0 Å². The smallest absolute Gasteiger partial charge is 0.272 e. The first-order valence-electron chi connectivity index (χ1n) is 6.44. The van der Waals surface area contributed by atoms with Crippen LogP contribution in [0.25, 0.3) is 0 Å². The molecule has 1 amide bonds. The molecule has 19 heavy (non-hydrogen) atoms. The molecular formula is C14H17N3O2. The Morgan fingerprint density at radius 2 is 2.21 bits per heavy atom. The van der Waals surface area contributed by atoms with Gasteiger partial charge in [0.25, 0.3) is 5.91 Å². The average molecular weight is 259 g/mol. The lowest BCUT2D eigenvalue weighted by atomic mass is 9.87. The third-order valence-corrected chi connectivity index (χ3v) is 3.74. The zero-order valence-corrected chi connectivity index (χ0v) is 11.3. The summed E-state index contributed by atoms with van der Waals surface area (Å²) in [5, 5.41) is 20.3. The van der Waals surface area contributed by atoms with Crippen LogP contribution >= 0.6 is 0 Å². The highest BCUT2D eigenvalue weighted by atomic mass is 16.3. The van der Waals surface area contributed by atoms with Crippen molar-refractivity contribution in [2.75, 3.05) is 6.61 Å². The normalized spacial score (nSPS) is 21.4. The SMILES string of the molecule is CC(C)(C)[C@@H](CO)NC(=O)C1=C2C=C3CC3=C2N=N1. The van der Waals surface area contributed by atoms with Gasteiger partial charge in [0.2, 0.25) is 0 Å². The van der Waals surface area contributed by atoms with Gasteiger partial charge in [-0.3, -0.25) is 4.79 Å². The standard InChI is InChI=1S/C14H17N3O2/c1-14(2,3)10(6-18)15-13(19)12-9-5-7-4-8(7)11(9)16-17-12/h5,10,18H,4,6H2,1-3H3,(H,15,19)/t10-/m1/s1. The van der Waals surface area contributed by atoms with Gasteiger partial charge >= 0.3 is 0 Å². The number of aliphatic hydroxyl groups excluding tert-OH is 1. The molecule has 5 nitrogen and oxygen atoms in total. The number of fused-ring (bicyclic) bond motifs is 2. The summed E-state index contributed by atoms with van der Waals surface area (Å²) < 4.78 is 0. The summed E-state index contributed by atoms with van der Waals surface area (Å²) in [7, 11) is 0. The van der Waals surface area contributed by atoms with Crippen molar-refractivity contribution in [3.63, 3.8) is 0 Å². The molecule has 5 heteroatoms. The summed E-state index contributed by atoms with van der Waals surface area (Å²) in [6.45, 7) is 5.83. The van der Waals surface area contributed by atoms with E-state index in [2.05, 4.69) is 15.5 Å². The number of aliphatic hydroxyl groups is 1. The Labute approximate surface area is 111 Å². The summed E-state index contributed by atoms with van der Waals surface area (Å²) in [5.41, 5.74) is 4.34. The van der Waals surface area contributed by atoms with Crippen LogP contribution in [0, 0.1) is 5.41 Å². The van der Waals surface area contributed by atoms with E-state index < -0.39 is 0 Å². The monoisotopic (exact) mass is 259 g/mol. The van der Waals surface area contributed by atoms with Crippen molar-refractivity contribution in [1.29, 1.82) is 0 Å². The number of carbonyl (C=O) groups excluding carboxylic acids is 1. The number of azo groups is 1. The first-order chi connectivity index (χ1) is 8.91. The van der Waals surface area contributed by atoms with E-state index in [0.717, 1.165) is 17.7 Å². The Kier molecular flexibility index (Phi) is 2.50. The Hall–Kier alpha value is -1.75. The zero-order chi connectivity index (χ0) is 13.8. The molecule has 0 bridgehead atoms. The van der Waals surface area contributed by atoms with Crippen LogP contribution in [-0.4, -0.2) is 23.7 Å². The van der Waals surface area contributed by atoms with Crippen LogP contribution in [0.1, 0.15) is 27.2 Å². The average Bonchev–Trinajstić information content (AvgIpc) is 2.82. The van der Waals surface area contributed by atoms with E-state index in [9.17, 15) is 9.90 Å². The highest BCUT2D eigenvalue weighted by Crippen LogP contribution is 2.51. The molecule has 1 saturated carbocycles. The van der Waals surface area contributed by atoms with Crippen molar-refractivity contribution in [1.82, 2.24) is 5.32 Å². The zero-order valence-electron chi connectivity index (χ0n) is 11.3. The van der Waals surface area contributed by atoms with Crippen LogP contribution in [0.5, 0.6) is 0 Å². The predicted molar refractivity (Wildman–Crippen MR) is 70.1 cm³/mol. The summed E-state index contributed by atoms with van der Waals surface area (Å²) >= 11 is 0. The van der Waals surface area contributed by atoms with Crippen LogP contribution in [0.4, 0.5) is 0 Å². The van der Waals surface area contributed by atoms with Crippen molar-refractivity contribution in [3.8, 4) is 0 Å². The number of hydrogen-bond donors (Lipinski definition) is 2. The molecule has 2 N–H and O–H groups in total. The maximum atomic E-state index is 12.2. The van der Waals surface area contributed by atoms with Gasteiger partial charge < -0.3 is 10.4 Å². The number of allylic oxidation sites excluding steroid dienone is 3. The quantitative estimate of drug-likeness (QED) is 0.811. The Bertz CT molecular complexity index is 588. The van der Waals surface area contributed by atoms with Gasteiger partial charge in [-0.05, 0) is 22.6 Å². The molecule has 3 rings (SSSR count). The highest BCUT2D eigenvalue weighted by Gasteiger charge is 2.39. The minimum absolute atomic E-state index is 0.0932. The van der Waals surface area contributed by atoms with Gasteiger partial charge in [-0.1, -0.05) is 20.8 Å². The van der Waals surface area contributed by atoms with Crippen LogP contribution in [0.2, 0.25) is 0 Å². The second-order valence-electron chi connectivity index (χ2n) is 6.21. The van der Waals surface area contributed by atoms with Crippen molar-refractivity contribution in [3.05, 3.63) is 34.2 Å². The molecule has 0 aromatic carbocycles. The second kappa shape index (κ2) is 3.87. The molecule has 100 valence electrons. The van der Waals surface area contributed by atoms with E-state index in [1.54, 1.807) is 0 Å². The predicted octanol–water partition coefficient (Wildman–Crippen LogP) is 1.83. The Morgan fingerprint density at radius 3 is 2.84 bits per heavy atom. The van der Waals surface area contributed by atoms with Crippen molar-refractivity contribution in [2.45, 2.75) is 33.2 Å². The van der Waals surface area contributed by atoms with Gasteiger partial charge in [0.05, 0.1) is 18.3 Å². The number of nitrogens with one attached hydrogen (secondary N) is 1. The third kappa shape index (κ3) is 1.94. The lowest BCUT2D eigenvalue weighted by molar-refractivity contribution is -0.119. The molecule has 1 atom stereocenters. The van der Waals surface area contributed by atoms with Crippen LogP contribution < -0.4 is 5.32 Å². The molecule has 1 fully saturated rings. The fraction of sp³-hybridized carbons (Fsp3) is 0.500. The molecule has 0 spiro atoms. The van der Waals surface area contributed by atoms with Gasteiger partial charge in [0.1, 0.15) is 0 Å². The summed E-state index contributed by atoms with van der Waals surface area (Å²) in [6.07, 6.45) is 2.97. The van der Waals surface area contributed by atoms with Gasteiger partial charge in [-0.15, -0.1) is 10.2 Å². The molecule has 2 aliphatic carbocycles. The third-order valence-electron chi connectivity index (χ3n) is 3.74. The number of hydrogen-bond acceptors (Lipinski definition) is 4. The Morgan fingerprint density at radius 1 is 1.47 bits per heavy atom. The fourth-order valence-corrected chi connectivity index (χ4v) is 2.30. The number of rotatable bonds is 3. The van der Waals surface area contributed by atoms with Gasteiger partial charge in [-0.25, -0.2) is 0 Å². The molecule has 3 aliphatic rings. The number of nitrogens with zero attached hydrogens (tertiary/aromatic N) is 2. The first kappa shape index (κ1) is 12.3. The molecule has 0 radical (unpaired) electrons. The van der Waals surface area contributed by atoms with Gasteiger partial charge in [-0.2, -0.15) is 0 Å². The molecule has 1 aliphatic heterocycles. The van der Waals surface area contributed by atoms with E-state index in [-0.39, 0.29) is 24.0 Å². The van der Waals surface area contributed by atoms with E-state index in [1.807, 2.05) is 26.8 Å². The van der Waals surface area contributed by atoms with Crippen LogP contribution in [-0.2, 0) is 4.79 Å². The lowest BCUT2D eigenvalue weighted by Crippen LogP contribution is -2.46. The molecule has 0 aromatic heterocycles. The van der Waals surface area contributed by atoms with Crippen molar-refractivity contribution >= 4 is 5.91 Å². The maximum absolute atomic E-state index is 12.2. The van der Waals surface area contributed by atoms with Gasteiger partial charge in [0.15, 0.2) is 5.70 Å². The Balaban J connectivity index is 1.80. The van der Waals surface area contributed by atoms with E-state index in [0.29, 0.717) is 5.70 Å². The van der Waals surface area contributed by atoms with Crippen LogP contribution in [0.15, 0.2) is 44.4 Å².